The lowest BCUT2D eigenvalue weighted by molar-refractivity contribution is -0.186. The zero-order chi connectivity index (χ0) is 30.7. The highest BCUT2D eigenvalue weighted by Crippen LogP contribution is 2.71. The molecule has 0 aromatic rings. The van der Waals surface area contributed by atoms with E-state index in [1.807, 2.05) is 6.92 Å². The predicted molar refractivity (Wildman–Crippen MR) is 165 cm³/mol. The Bertz CT molecular complexity index is 1070. The van der Waals surface area contributed by atoms with Gasteiger partial charge in [0.2, 0.25) is 0 Å². The van der Waals surface area contributed by atoms with Crippen molar-refractivity contribution >= 4 is 17.5 Å². The number of Topliss-reactive ketones (excluding diaryl/α,β-unsaturated/α-hetero) is 2. The van der Waals surface area contributed by atoms with Crippen LogP contribution in [0.15, 0.2) is 23.3 Å². The minimum Gasteiger partial charge on any atom is -0.454 e. The molecule has 0 aliphatic heterocycles. The van der Waals surface area contributed by atoms with Crippen LogP contribution >= 0.6 is 0 Å². The van der Waals surface area contributed by atoms with Gasteiger partial charge in [-0.2, -0.15) is 0 Å². The lowest BCUT2D eigenvalue weighted by Crippen LogP contribution is -2.64. The van der Waals surface area contributed by atoms with Crippen LogP contribution < -0.4 is 0 Å². The van der Waals surface area contributed by atoms with Crippen molar-refractivity contribution in [2.75, 3.05) is 6.61 Å². The summed E-state index contributed by atoms with van der Waals surface area (Å²) in [5.74, 6) is -1.74. The number of ether oxygens (including phenoxy) is 1. The second-order valence-electron chi connectivity index (χ2n) is 14.5. The number of fused-ring (bicyclic) bond motifs is 3. The largest absolute Gasteiger partial charge is 0.454 e. The summed E-state index contributed by atoms with van der Waals surface area (Å²) in [5.41, 5.74) is -3.18. The maximum absolute atomic E-state index is 14.4. The van der Waals surface area contributed by atoms with Gasteiger partial charge in [0.05, 0.1) is 12.0 Å². The van der Waals surface area contributed by atoms with Gasteiger partial charge in [-0.05, 0) is 54.1 Å². The van der Waals surface area contributed by atoms with Crippen molar-refractivity contribution in [3.63, 3.8) is 0 Å². The SMILES string of the molecule is CCCCCCCCCCCCCCCC(=O)OC1C(CO)=CC2C(=O)C3(C=C(C)C(=O)C13O)C(C)CC1C2C1(C)C. The summed E-state index contributed by atoms with van der Waals surface area (Å²) >= 11 is 0. The summed E-state index contributed by atoms with van der Waals surface area (Å²) < 4.78 is 5.94. The molecule has 0 heterocycles. The highest BCUT2D eigenvalue weighted by Gasteiger charge is 2.76. The average molecular weight is 585 g/mol. The zero-order valence-electron chi connectivity index (χ0n) is 26.9. The quantitative estimate of drug-likeness (QED) is 0.114. The summed E-state index contributed by atoms with van der Waals surface area (Å²) in [4.78, 5) is 41.2. The van der Waals surface area contributed by atoms with Crippen LogP contribution in [0, 0.1) is 34.5 Å². The van der Waals surface area contributed by atoms with Crippen LogP contribution in [0.4, 0.5) is 0 Å². The van der Waals surface area contributed by atoms with E-state index in [0.29, 0.717) is 24.3 Å². The second-order valence-corrected chi connectivity index (χ2v) is 14.5. The number of ketones is 2. The number of aliphatic hydroxyl groups is 2. The van der Waals surface area contributed by atoms with Crippen LogP contribution in [0.3, 0.4) is 0 Å². The molecule has 0 saturated heterocycles. The molecule has 6 nitrogen and oxygen atoms in total. The summed E-state index contributed by atoms with van der Waals surface area (Å²) in [6, 6.07) is 0. The van der Waals surface area contributed by atoms with E-state index in [1.54, 1.807) is 19.1 Å². The van der Waals surface area contributed by atoms with Gasteiger partial charge >= 0.3 is 5.97 Å². The summed E-state index contributed by atoms with van der Waals surface area (Å²) in [7, 11) is 0. The topological polar surface area (TPSA) is 101 Å². The number of aliphatic hydroxyl groups excluding tert-OH is 1. The molecule has 0 aromatic heterocycles. The number of hydrogen-bond donors (Lipinski definition) is 2. The Morgan fingerprint density at radius 2 is 1.50 bits per heavy atom. The Morgan fingerprint density at radius 1 is 0.952 bits per heavy atom. The van der Waals surface area contributed by atoms with Gasteiger partial charge in [0.15, 0.2) is 23.3 Å². The predicted octanol–water partition coefficient (Wildman–Crippen LogP) is 7.06. The number of rotatable bonds is 16. The molecule has 42 heavy (non-hydrogen) atoms. The third kappa shape index (κ3) is 5.84. The fourth-order valence-electron chi connectivity index (χ4n) is 8.86. The number of esters is 1. The average Bonchev–Trinajstić information content (AvgIpc) is 3.46. The van der Waals surface area contributed by atoms with E-state index in [1.165, 1.54) is 57.8 Å². The van der Waals surface area contributed by atoms with Crippen LogP contribution in [-0.4, -0.2) is 46.1 Å². The van der Waals surface area contributed by atoms with E-state index < -0.39 is 41.4 Å². The zero-order valence-corrected chi connectivity index (χ0v) is 26.9. The monoisotopic (exact) mass is 584 g/mol. The van der Waals surface area contributed by atoms with E-state index in [9.17, 15) is 24.6 Å². The first-order chi connectivity index (χ1) is 20.0. The molecular weight excluding hydrogens is 528 g/mol. The van der Waals surface area contributed by atoms with Crippen LogP contribution in [0.25, 0.3) is 0 Å². The molecule has 2 bridgehead atoms. The van der Waals surface area contributed by atoms with Crippen molar-refractivity contribution in [1.82, 2.24) is 0 Å². The van der Waals surface area contributed by atoms with Crippen LogP contribution in [-0.2, 0) is 19.1 Å². The van der Waals surface area contributed by atoms with E-state index in [4.69, 9.17) is 4.74 Å². The number of allylic oxidation sites excluding steroid dienone is 1. The van der Waals surface area contributed by atoms with Crippen molar-refractivity contribution in [3.05, 3.63) is 23.3 Å². The van der Waals surface area contributed by atoms with Gasteiger partial charge in [-0.1, -0.05) is 117 Å². The van der Waals surface area contributed by atoms with Crippen molar-refractivity contribution in [2.24, 2.45) is 34.5 Å². The van der Waals surface area contributed by atoms with Gasteiger partial charge in [0, 0.05) is 12.3 Å². The fourth-order valence-corrected chi connectivity index (χ4v) is 8.86. The molecule has 7 unspecified atom stereocenters. The molecule has 7 atom stereocenters. The number of carbonyl (C=O) groups excluding carboxylic acids is 3. The van der Waals surface area contributed by atoms with E-state index in [2.05, 4.69) is 20.8 Å². The third-order valence-corrected chi connectivity index (χ3v) is 11.4. The van der Waals surface area contributed by atoms with Crippen LogP contribution in [0.2, 0.25) is 0 Å². The number of hydrogen-bond acceptors (Lipinski definition) is 6. The second kappa shape index (κ2) is 13.5. The van der Waals surface area contributed by atoms with Crippen molar-refractivity contribution in [2.45, 2.75) is 143 Å². The molecule has 6 heteroatoms. The first-order valence-corrected chi connectivity index (χ1v) is 17.0. The summed E-state index contributed by atoms with van der Waals surface area (Å²) in [5, 5.41) is 22.8. The number of carbonyl (C=O) groups is 3. The molecule has 0 aromatic carbocycles. The molecule has 4 rings (SSSR count). The van der Waals surface area contributed by atoms with Crippen molar-refractivity contribution in [1.29, 1.82) is 0 Å². The molecule has 0 radical (unpaired) electrons. The highest BCUT2D eigenvalue weighted by molar-refractivity contribution is 6.13. The van der Waals surface area contributed by atoms with Crippen molar-refractivity contribution in [3.8, 4) is 0 Å². The Kier molecular flexibility index (Phi) is 10.6. The highest BCUT2D eigenvalue weighted by atomic mass is 16.6. The smallest absolute Gasteiger partial charge is 0.306 e. The van der Waals surface area contributed by atoms with Crippen LogP contribution in [0.5, 0.6) is 0 Å². The maximum atomic E-state index is 14.4. The Hall–Kier alpha value is -1.79. The Labute approximate surface area is 253 Å². The van der Waals surface area contributed by atoms with Gasteiger partial charge in [-0.15, -0.1) is 0 Å². The molecule has 2 fully saturated rings. The third-order valence-electron chi connectivity index (χ3n) is 11.4. The molecule has 4 aliphatic carbocycles. The van der Waals surface area contributed by atoms with Gasteiger partial charge in [-0.3, -0.25) is 14.4 Å². The lowest BCUT2D eigenvalue weighted by Gasteiger charge is -2.46. The van der Waals surface area contributed by atoms with Gasteiger partial charge in [0.25, 0.3) is 0 Å². The first-order valence-electron chi connectivity index (χ1n) is 17.0. The van der Waals surface area contributed by atoms with Gasteiger partial charge in [-0.25, -0.2) is 0 Å². The number of unbranched alkanes of at least 4 members (excludes halogenated alkanes) is 12. The summed E-state index contributed by atoms with van der Waals surface area (Å²) in [6.07, 6.45) is 18.6. The molecule has 2 saturated carbocycles. The Morgan fingerprint density at radius 3 is 2.05 bits per heavy atom. The normalized spacial score (nSPS) is 34.6. The standard InChI is InChI=1S/C36H56O6/c1-6-7-8-9-10-11-12-13-14-15-16-17-18-19-29(38)42-33-26(23-37)21-27-30-28(34(30,4)5)20-25(3)35(32(27)40)22-24(2)31(39)36(33,35)41/h21-22,25,27-28,30,33,37,41H,6-20,23H2,1-5H3. The molecule has 236 valence electrons. The molecule has 1 spiro atoms. The summed E-state index contributed by atoms with van der Waals surface area (Å²) in [6.45, 7) is 9.66. The minimum atomic E-state index is -2.25. The molecule has 0 amide bonds. The van der Waals surface area contributed by atoms with Gasteiger partial charge in [0.1, 0.15) is 0 Å². The van der Waals surface area contributed by atoms with E-state index in [0.717, 1.165) is 19.3 Å². The lowest BCUT2D eigenvalue weighted by atomic mass is 9.59. The van der Waals surface area contributed by atoms with Crippen molar-refractivity contribution < 1.29 is 29.3 Å². The minimum absolute atomic E-state index is 0.0441. The van der Waals surface area contributed by atoms with Gasteiger partial charge < -0.3 is 14.9 Å². The fraction of sp³-hybridized carbons (Fsp3) is 0.806. The first kappa shape index (κ1) is 33.1. The van der Waals surface area contributed by atoms with Crippen LogP contribution in [0.1, 0.15) is 131 Å². The molecular formula is C36H56O6. The molecule has 4 aliphatic rings. The van der Waals surface area contributed by atoms with E-state index >= 15 is 0 Å². The molecule has 2 N–H and O–H groups in total. The Balaban J connectivity index is 1.36. The maximum Gasteiger partial charge on any atom is 0.306 e. The van der Waals surface area contributed by atoms with E-state index in [-0.39, 0.29) is 35.0 Å².